The van der Waals surface area contributed by atoms with Crippen molar-refractivity contribution in [2.75, 3.05) is 0 Å². The molecule has 0 atom stereocenters. The predicted molar refractivity (Wildman–Crippen MR) is 218 cm³/mol. The van der Waals surface area contributed by atoms with Crippen molar-refractivity contribution >= 4 is 27.1 Å². The molecule has 3 nitrogen and oxygen atoms in total. The number of hydrogen-bond acceptors (Lipinski definition) is 3. The lowest BCUT2D eigenvalue weighted by atomic mass is 9.93. The quantitative estimate of drug-likeness (QED) is 0.166. The van der Waals surface area contributed by atoms with Gasteiger partial charge in [0.05, 0.1) is 0 Å². The third-order valence-corrected chi connectivity index (χ3v) is 9.71. The standard InChI is InChI=1S/C49H35N3/c1-2-5-17-38(18-6-3-1)47-50-48(39-25-21-37(22-26-39)34-13-7-4-8-14-34)52-49(51-47)46-32-44(42-27-23-35-15-9-11-19-40(35)29-42)31-45(33-46)43-28-24-36-16-10-12-20-41(36)30-43/h1-2,4,6-33H,3,5H2/b2-1?,18-6-,38-17+. The first-order valence-corrected chi connectivity index (χ1v) is 17.8. The SMILES string of the molecule is C1=CC/C=C(c2nc(-c3ccc(-c4ccccc4)cc3)nc(-c3cc(-c4ccc5ccccc5c4)cc(-c4ccc5ccccc5c4)c3)n2)\C=C/C1. The maximum absolute atomic E-state index is 5.20. The van der Waals surface area contributed by atoms with Crippen LogP contribution < -0.4 is 0 Å². The van der Waals surface area contributed by atoms with Crippen molar-refractivity contribution in [3.63, 3.8) is 0 Å². The van der Waals surface area contributed by atoms with Crippen molar-refractivity contribution in [1.82, 2.24) is 15.0 Å². The zero-order chi connectivity index (χ0) is 34.7. The smallest absolute Gasteiger partial charge is 0.164 e. The van der Waals surface area contributed by atoms with E-state index in [4.69, 9.17) is 15.0 Å². The Morgan fingerprint density at radius 1 is 0.308 bits per heavy atom. The minimum Gasteiger partial charge on any atom is -0.208 e. The van der Waals surface area contributed by atoms with Crippen LogP contribution in [0.15, 0.2) is 188 Å². The van der Waals surface area contributed by atoms with E-state index in [-0.39, 0.29) is 0 Å². The number of rotatable bonds is 6. The summed E-state index contributed by atoms with van der Waals surface area (Å²) in [4.78, 5) is 15.5. The highest BCUT2D eigenvalue weighted by atomic mass is 15.0. The van der Waals surface area contributed by atoms with Gasteiger partial charge >= 0.3 is 0 Å². The third kappa shape index (κ3) is 6.48. The molecular weight excluding hydrogens is 631 g/mol. The number of nitrogens with zero attached hydrogens (tertiary/aromatic N) is 3. The lowest BCUT2D eigenvalue weighted by molar-refractivity contribution is 1.03. The maximum Gasteiger partial charge on any atom is 0.164 e. The Bertz CT molecular complexity index is 2570. The van der Waals surface area contributed by atoms with Crippen molar-refractivity contribution in [2.24, 2.45) is 0 Å². The summed E-state index contributed by atoms with van der Waals surface area (Å²) in [6, 6.07) is 56.1. The van der Waals surface area contributed by atoms with E-state index in [1.807, 2.05) is 6.07 Å². The second-order valence-corrected chi connectivity index (χ2v) is 13.2. The van der Waals surface area contributed by atoms with Crippen LogP contribution in [0.4, 0.5) is 0 Å². The van der Waals surface area contributed by atoms with Crippen LogP contribution in [0.5, 0.6) is 0 Å². The molecule has 0 aliphatic heterocycles. The molecule has 8 aromatic rings. The van der Waals surface area contributed by atoms with Crippen molar-refractivity contribution in [3.05, 3.63) is 194 Å². The van der Waals surface area contributed by atoms with Crippen LogP contribution in [0.3, 0.4) is 0 Å². The number of benzene rings is 7. The number of aromatic nitrogens is 3. The van der Waals surface area contributed by atoms with Crippen molar-refractivity contribution in [1.29, 1.82) is 0 Å². The molecule has 9 rings (SSSR count). The second-order valence-electron chi connectivity index (χ2n) is 13.2. The van der Waals surface area contributed by atoms with Crippen LogP contribution in [0.2, 0.25) is 0 Å². The second kappa shape index (κ2) is 13.9. The molecule has 246 valence electrons. The highest BCUT2D eigenvalue weighted by Gasteiger charge is 2.16. The Balaban J connectivity index is 1.23. The molecule has 1 aliphatic rings. The Hall–Kier alpha value is -6.71. The van der Waals surface area contributed by atoms with Crippen LogP contribution in [0.25, 0.3) is 83.3 Å². The Kier molecular flexibility index (Phi) is 8.36. The number of allylic oxidation sites excluding steroid dienone is 6. The van der Waals surface area contributed by atoms with Crippen LogP contribution in [-0.2, 0) is 0 Å². The molecule has 0 bridgehead atoms. The average molecular weight is 666 g/mol. The molecule has 0 fully saturated rings. The van der Waals surface area contributed by atoms with Crippen LogP contribution in [0.1, 0.15) is 18.7 Å². The zero-order valence-electron chi connectivity index (χ0n) is 28.7. The van der Waals surface area contributed by atoms with Gasteiger partial charge in [0.25, 0.3) is 0 Å². The van der Waals surface area contributed by atoms with E-state index < -0.39 is 0 Å². The first kappa shape index (κ1) is 31.3. The first-order valence-electron chi connectivity index (χ1n) is 17.8. The third-order valence-electron chi connectivity index (χ3n) is 9.71. The fraction of sp³-hybridized carbons (Fsp3) is 0.0408. The summed E-state index contributed by atoms with van der Waals surface area (Å²) in [5, 5.41) is 4.85. The molecule has 7 aromatic carbocycles. The van der Waals surface area contributed by atoms with E-state index in [0.29, 0.717) is 17.5 Å². The lowest BCUT2D eigenvalue weighted by Gasteiger charge is -2.14. The highest BCUT2D eigenvalue weighted by Crippen LogP contribution is 2.35. The van der Waals surface area contributed by atoms with Gasteiger partial charge in [-0.3, -0.25) is 0 Å². The van der Waals surface area contributed by atoms with Gasteiger partial charge in [-0.05, 0) is 98.1 Å². The van der Waals surface area contributed by atoms with E-state index in [9.17, 15) is 0 Å². The van der Waals surface area contributed by atoms with Gasteiger partial charge in [-0.15, -0.1) is 0 Å². The summed E-state index contributed by atoms with van der Waals surface area (Å²) in [5.74, 6) is 1.96. The Labute approximate surface area is 304 Å². The monoisotopic (exact) mass is 665 g/mol. The molecule has 3 heteroatoms. The normalized spacial score (nSPS) is 14.4. The summed E-state index contributed by atoms with van der Waals surface area (Å²) in [6.45, 7) is 0. The summed E-state index contributed by atoms with van der Waals surface area (Å²) in [7, 11) is 0. The van der Waals surface area contributed by atoms with Gasteiger partial charge < -0.3 is 0 Å². The van der Waals surface area contributed by atoms with E-state index in [2.05, 4.69) is 182 Å². The van der Waals surface area contributed by atoms with Crippen molar-refractivity contribution in [2.45, 2.75) is 12.8 Å². The average Bonchev–Trinajstić information content (AvgIpc) is 3.20. The van der Waals surface area contributed by atoms with E-state index in [1.54, 1.807) is 0 Å². The molecule has 0 spiro atoms. The molecule has 1 aliphatic carbocycles. The summed E-state index contributed by atoms with van der Waals surface area (Å²) < 4.78 is 0. The van der Waals surface area contributed by atoms with Gasteiger partial charge in [0.2, 0.25) is 0 Å². The fourth-order valence-corrected chi connectivity index (χ4v) is 6.93. The maximum atomic E-state index is 5.20. The topological polar surface area (TPSA) is 38.7 Å². The van der Waals surface area contributed by atoms with Crippen molar-refractivity contribution in [3.8, 4) is 56.2 Å². The van der Waals surface area contributed by atoms with Gasteiger partial charge in [0.15, 0.2) is 17.5 Å². The first-order chi connectivity index (χ1) is 25.7. The predicted octanol–water partition coefficient (Wildman–Crippen LogP) is 12.8. The molecular formula is C49H35N3. The molecule has 52 heavy (non-hydrogen) atoms. The van der Waals surface area contributed by atoms with Gasteiger partial charge in [-0.25, -0.2) is 15.0 Å². The minimum absolute atomic E-state index is 0.642. The fourth-order valence-electron chi connectivity index (χ4n) is 6.93. The van der Waals surface area contributed by atoms with E-state index in [1.165, 1.54) is 27.1 Å². The van der Waals surface area contributed by atoms with Gasteiger partial charge in [0, 0.05) is 16.7 Å². The largest absolute Gasteiger partial charge is 0.208 e. The van der Waals surface area contributed by atoms with Crippen LogP contribution in [-0.4, -0.2) is 15.0 Å². The molecule has 0 saturated heterocycles. The van der Waals surface area contributed by atoms with E-state index >= 15 is 0 Å². The van der Waals surface area contributed by atoms with Crippen LogP contribution in [0, 0.1) is 0 Å². The number of hydrogen-bond donors (Lipinski definition) is 0. The summed E-state index contributed by atoms with van der Waals surface area (Å²) >= 11 is 0. The van der Waals surface area contributed by atoms with Gasteiger partial charge in [0.1, 0.15) is 0 Å². The lowest BCUT2D eigenvalue weighted by Crippen LogP contribution is -2.03. The molecule has 0 radical (unpaired) electrons. The molecule has 0 amide bonds. The zero-order valence-corrected chi connectivity index (χ0v) is 28.7. The van der Waals surface area contributed by atoms with Gasteiger partial charge in [-0.1, -0.05) is 158 Å². The van der Waals surface area contributed by atoms with E-state index in [0.717, 1.165) is 57.4 Å². The Morgan fingerprint density at radius 3 is 1.44 bits per heavy atom. The number of fused-ring (bicyclic) bond motifs is 2. The molecule has 1 heterocycles. The summed E-state index contributed by atoms with van der Waals surface area (Å²) in [6.07, 6.45) is 12.6. The highest BCUT2D eigenvalue weighted by molar-refractivity contribution is 5.91. The van der Waals surface area contributed by atoms with Gasteiger partial charge in [-0.2, -0.15) is 0 Å². The van der Waals surface area contributed by atoms with Crippen LogP contribution >= 0.6 is 0 Å². The van der Waals surface area contributed by atoms with Crippen molar-refractivity contribution < 1.29 is 0 Å². The molecule has 0 unspecified atom stereocenters. The molecule has 1 aromatic heterocycles. The molecule has 0 saturated carbocycles. The minimum atomic E-state index is 0.642. The Morgan fingerprint density at radius 2 is 0.788 bits per heavy atom. The summed E-state index contributed by atoms with van der Waals surface area (Å²) in [5.41, 5.74) is 9.72. The molecule has 0 N–H and O–H groups in total.